The first-order valence-corrected chi connectivity index (χ1v) is 48.8. The molecule has 135 heavy (non-hydrogen) atoms. The highest BCUT2D eigenvalue weighted by Crippen LogP contribution is 2.58. The molecule has 6 heterocycles. The van der Waals surface area contributed by atoms with E-state index in [-0.39, 0.29) is 32.5 Å². The summed E-state index contributed by atoms with van der Waals surface area (Å²) in [5.74, 6) is 0. The molecule has 0 saturated carbocycles. The van der Waals surface area contributed by atoms with E-state index in [1.165, 1.54) is 164 Å². The van der Waals surface area contributed by atoms with Crippen molar-refractivity contribution >= 4 is 177 Å². The number of benzene rings is 17. The maximum absolute atomic E-state index is 2.86. The lowest BCUT2D eigenvalue weighted by Gasteiger charge is -2.47. The molecule has 2 aliphatic rings. The lowest BCUT2D eigenvalue weighted by Crippen LogP contribution is -2.61. The molecule has 4 nitrogen and oxygen atoms in total. The van der Waals surface area contributed by atoms with Crippen molar-refractivity contribution in [3.63, 3.8) is 0 Å². The van der Waals surface area contributed by atoms with Crippen LogP contribution in [-0.2, 0) is 37.9 Å². The highest BCUT2D eigenvalue weighted by molar-refractivity contribution is 7.00. The molecule has 662 valence electrons. The molecule has 0 radical (unpaired) electrons. The zero-order chi connectivity index (χ0) is 93.5. The number of fused-ring (bicyclic) bond motifs is 24. The maximum atomic E-state index is 2.86. The zero-order valence-corrected chi connectivity index (χ0v) is 82.2. The third kappa shape index (κ3) is 13.6. The van der Waals surface area contributed by atoms with Crippen molar-refractivity contribution in [1.29, 1.82) is 0 Å². The van der Waals surface area contributed by atoms with Gasteiger partial charge in [-0.3, -0.25) is 0 Å². The summed E-state index contributed by atoms with van der Waals surface area (Å²) in [6.45, 7) is 50.2. The van der Waals surface area contributed by atoms with E-state index in [2.05, 4.69) is 504 Å². The lowest BCUT2D eigenvalue weighted by atomic mass is 9.33. The highest BCUT2D eigenvalue weighted by Gasteiger charge is 2.48. The van der Waals surface area contributed by atoms with Crippen LogP contribution in [0, 0.1) is 0 Å². The fraction of sp³-hybridized carbons (Fsp3) is 0.215. The minimum atomic E-state index is -0.456. The van der Waals surface area contributed by atoms with Crippen molar-refractivity contribution < 1.29 is 0 Å². The molecule has 2 aliphatic heterocycles. The monoisotopic (exact) mass is 1750 g/mol. The fourth-order valence-electron chi connectivity index (χ4n) is 22.6. The van der Waals surface area contributed by atoms with Gasteiger partial charge in [0.2, 0.25) is 0 Å². The standard InChI is InChI=1S/C130H119BN4/c1-124(2,3)82-62-80(63-83(66-82)125(4,5)6)105-70-86(128(13,14)15)68-103(78-42-24-22-25-43-78)122(105)134-115-76-113-107(95-52-34-30-48-91(95)89-46-28-32-50-93(89)99-56-40-58-101-97-54-36-38-60-111(97)132(113)120(99)101)74-109(115)131-110-75-108-96-53-35-31-49-92(96)90-47-29-33-51-94(90)100-57-41-59-102-98-55-37-39-61-112(98)133(121(100)102)114(108)77-116(110)135(118-73-88(130(19,20)21)72-117(134)119(118)131)123-104(79-44-26-23-27-45-79)69-87(129(16,17)18)71-106(123)81-64-84(126(7,8)9)67-85(65-81)127(10,11)12/h22-77H,1-21H3. The number of rotatable bonds is 6. The molecule has 0 bridgehead atoms. The van der Waals surface area contributed by atoms with Crippen molar-refractivity contribution in [2.24, 2.45) is 0 Å². The van der Waals surface area contributed by atoms with Crippen LogP contribution in [0.15, 0.2) is 340 Å². The van der Waals surface area contributed by atoms with E-state index in [1.807, 2.05) is 0 Å². The summed E-state index contributed by atoms with van der Waals surface area (Å²) in [5, 5.41) is 19.0. The van der Waals surface area contributed by atoms with Gasteiger partial charge in [-0.15, -0.1) is 0 Å². The van der Waals surface area contributed by atoms with E-state index >= 15 is 0 Å². The summed E-state index contributed by atoms with van der Waals surface area (Å²) >= 11 is 0. The SMILES string of the molecule is CC(C)(C)c1cc(-c2cc(C(C)(C)C)cc(-c3ccccc3)c2N2c3cc4c(cc3B3c5cc6c7ccccc7c7ccccc7c7cccc8c9ccccc9n(c6cc5N(c5c(-c6ccccc6)cc(C(C)(C)C)cc5-c5cc(C(C)(C)C)cc(C(C)(C)C)c5)c5cc(C(C)(C)C)cc2c53)c78)c2ccccc2c2ccccc2c2cccc3c5ccccc5n4c23)cc(C(C)(C)C)c1. The quantitative estimate of drug-likeness (QED) is 0.154. The lowest BCUT2D eigenvalue weighted by molar-refractivity contribution is 0.568. The van der Waals surface area contributed by atoms with Gasteiger partial charge in [0.05, 0.1) is 44.5 Å². The van der Waals surface area contributed by atoms with Crippen LogP contribution >= 0.6 is 0 Å². The second-order valence-electron chi connectivity index (χ2n) is 46.1. The molecular weight excluding hydrogens is 1630 g/mol. The van der Waals surface area contributed by atoms with Crippen molar-refractivity contribution in [1.82, 2.24) is 8.80 Å². The van der Waals surface area contributed by atoms with Crippen molar-refractivity contribution in [2.45, 2.75) is 183 Å². The van der Waals surface area contributed by atoms with E-state index in [4.69, 9.17) is 0 Å². The third-order valence-corrected chi connectivity index (χ3v) is 30.0. The molecule has 21 aromatic rings. The Kier molecular flexibility index (Phi) is 19.1. The van der Waals surface area contributed by atoms with E-state index < -0.39 is 12.1 Å². The molecule has 0 unspecified atom stereocenters. The summed E-state index contributed by atoms with van der Waals surface area (Å²) in [6.07, 6.45) is 0. The number of para-hydroxylation sites is 4. The molecular formula is C130H119BN4. The Morgan fingerprint density at radius 3 is 0.719 bits per heavy atom. The largest absolute Gasteiger partial charge is 0.310 e. The molecule has 0 atom stereocenters. The number of nitrogens with zero attached hydrogens (tertiary/aromatic N) is 4. The van der Waals surface area contributed by atoms with Crippen LogP contribution in [0.25, 0.3) is 164 Å². The van der Waals surface area contributed by atoms with Crippen molar-refractivity contribution in [3.05, 3.63) is 379 Å². The van der Waals surface area contributed by atoms with Crippen molar-refractivity contribution in [2.75, 3.05) is 9.80 Å². The summed E-state index contributed by atoms with van der Waals surface area (Å²) in [5.41, 5.74) is 33.7. The highest BCUT2D eigenvalue weighted by atomic mass is 15.2. The number of hydrogen-bond donors (Lipinski definition) is 0. The maximum Gasteiger partial charge on any atom is 0.252 e. The van der Waals surface area contributed by atoms with Gasteiger partial charge in [-0.25, -0.2) is 0 Å². The van der Waals surface area contributed by atoms with Gasteiger partial charge in [-0.2, -0.15) is 0 Å². The van der Waals surface area contributed by atoms with E-state index in [1.54, 1.807) is 0 Å². The Morgan fingerprint density at radius 2 is 0.415 bits per heavy atom. The summed E-state index contributed by atoms with van der Waals surface area (Å²) < 4.78 is 5.38. The average Bonchev–Trinajstić information content (AvgIpc) is 1.56. The Balaban J connectivity index is 1.03. The Hall–Kier alpha value is -14.0. The molecule has 0 saturated heterocycles. The first kappa shape index (κ1) is 85.2. The molecule has 4 aromatic heterocycles. The number of hydrogen-bond acceptors (Lipinski definition) is 2. The number of aromatic nitrogens is 2. The van der Waals surface area contributed by atoms with Crippen LogP contribution in [0.2, 0.25) is 0 Å². The molecule has 0 spiro atoms. The van der Waals surface area contributed by atoms with Crippen LogP contribution in [0.3, 0.4) is 0 Å². The molecule has 0 aliphatic carbocycles. The first-order valence-electron chi connectivity index (χ1n) is 48.8. The van der Waals surface area contributed by atoms with E-state index in [0.717, 1.165) is 89.2 Å². The van der Waals surface area contributed by atoms with Gasteiger partial charge in [0.25, 0.3) is 6.71 Å². The Labute approximate surface area is 796 Å². The van der Waals surface area contributed by atoms with Gasteiger partial charge in [-0.05, 0) is 219 Å². The molecule has 17 aromatic carbocycles. The minimum Gasteiger partial charge on any atom is -0.310 e. The van der Waals surface area contributed by atoms with Crippen LogP contribution < -0.4 is 26.2 Å². The fourth-order valence-corrected chi connectivity index (χ4v) is 22.6. The second-order valence-corrected chi connectivity index (χ2v) is 46.1. The topological polar surface area (TPSA) is 15.3 Å². The van der Waals surface area contributed by atoms with Crippen LogP contribution in [0.1, 0.15) is 184 Å². The Bertz CT molecular complexity index is 8140. The van der Waals surface area contributed by atoms with Gasteiger partial charge < -0.3 is 18.6 Å². The molecule has 0 fully saturated rings. The normalized spacial score (nSPS) is 13.5. The van der Waals surface area contributed by atoms with Gasteiger partial charge >= 0.3 is 0 Å². The first-order chi connectivity index (χ1) is 64.4. The van der Waals surface area contributed by atoms with Crippen molar-refractivity contribution in [3.8, 4) is 44.5 Å². The van der Waals surface area contributed by atoms with E-state index in [9.17, 15) is 0 Å². The molecule has 23 rings (SSSR count). The predicted octanol–water partition coefficient (Wildman–Crippen LogP) is 34.7. The average molecular weight is 1750 g/mol. The van der Waals surface area contributed by atoms with Gasteiger partial charge in [0.15, 0.2) is 0 Å². The summed E-state index contributed by atoms with van der Waals surface area (Å²) in [6, 6.07) is 135. The van der Waals surface area contributed by atoms with Gasteiger partial charge in [0.1, 0.15) is 0 Å². The Morgan fingerprint density at radius 1 is 0.178 bits per heavy atom. The summed E-state index contributed by atoms with van der Waals surface area (Å²) in [7, 11) is 0. The smallest absolute Gasteiger partial charge is 0.252 e. The van der Waals surface area contributed by atoms with Gasteiger partial charge in [0, 0.05) is 88.1 Å². The second kappa shape index (κ2) is 30.3. The molecule has 0 N–H and O–H groups in total. The van der Waals surface area contributed by atoms with E-state index in [0.29, 0.717) is 0 Å². The minimum absolute atomic E-state index is 0.219. The molecule has 0 amide bonds. The zero-order valence-electron chi connectivity index (χ0n) is 82.2. The van der Waals surface area contributed by atoms with Crippen LogP contribution in [-0.4, -0.2) is 15.5 Å². The van der Waals surface area contributed by atoms with Crippen LogP contribution in [0.4, 0.5) is 34.1 Å². The van der Waals surface area contributed by atoms with Gasteiger partial charge in [-0.1, -0.05) is 424 Å². The molecule has 5 heteroatoms. The van der Waals surface area contributed by atoms with Crippen LogP contribution in [0.5, 0.6) is 0 Å². The predicted molar refractivity (Wildman–Crippen MR) is 588 cm³/mol. The third-order valence-electron chi connectivity index (χ3n) is 30.0. The number of anilines is 6. The summed E-state index contributed by atoms with van der Waals surface area (Å²) in [4.78, 5) is 5.73.